The van der Waals surface area contributed by atoms with Crippen LogP contribution in [-0.2, 0) is 0 Å². The average Bonchev–Trinajstić information content (AvgIpc) is 3.61. The van der Waals surface area contributed by atoms with Gasteiger partial charge in [0.25, 0.3) is 11.1 Å². The predicted octanol–water partition coefficient (Wildman–Crippen LogP) is 3.82. The molecule has 2 aromatic heterocycles. The molecule has 0 aliphatic heterocycles. The molecule has 0 saturated heterocycles. The van der Waals surface area contributed by atoms with Gasteiger partial charge in [-0.1, -0.05) is 23.8 Å². The molecule has 0 amide bonds. The van der Waals surface area contributed by atoms with E-state index in [0.29, 0.717) is 11.4 Å². The van der Waals surface area contributed by atoms with Crippen molar-refractivity contribution in [2.24, 2.45) is 0 Å². The number of nitrogens with two attached hydrogens (primary N) is 1. The first-order chi connectivity index (χ1) is 15.8. The van der Waals surface area contributed by atoms with E-state index in [2.05, 4.69) is 0 Å². The molecular formula is C23H19IN4O4S. The average molecular weight is 574 g/mol. The van der Waals surface area contributed by atoms with Crippen LogP contribution in [0.5, 0.6) is 5.75 Å². The van der Waals surface area contributed by atoms with E-state index in [4.69, 9.17) is 9.92 Å². The van der Waals surface area contributed by atoms with Crippen LogP contribution in [0.25, 0.3) is 16.7 Å². The first-order valence-corrected chi connectivity index (χ1v) is 12.0. The van der Waals surface area contributed by atoms with Crippen LogP contribution in [0.15, 0.2) is 73.9 Å². The number of aromatic nitrogens is 3. The third-order valence-corrected chi connectivity index (χ3v) is 7.09. The quantitative estimate of drug-likeness (QED) is 0.221. The highest BCUT2D eigenvalue weighted by molar-refractivity contribution is 14.1. The fourth-order valence-electron chi connectivity index (χ4n) is 3.66. The Hall–Kier alpha value is -2.99. The van der Waals surface area contributed by atoms with Crippen LogP contribution in [0.4, 0.5) is 5.69 Å². The first-order valence-electron chi connectivity index (χ1n) is 10.3. The second kappa shape index (κ2) is 8.41. The predicted molar refractivity (Wildman–Crippen MR) is 138 cm³/mol. The zero-order valence-electron chi connectivity index (χ0n) is 17.5. The van der Waals surface area contributed by atoms with Gasteiger partial charge in [-0.05, 0) is 50.1 Å². The summed E-state index contributed by atoms with van der Waals surface area (Å²) in [6.45, 7) is 1.98. The van der Waals surface area contributed by atoms with Crippen molar-refractivity contribution in [1.82, 2.24) is 11.9 Å². The smallest absolute Gasteiger partial charge is 0.337 e. The molecule has 2 N–H and O–H groups in total. The van der Waals surface area contributed by atoms with Crippen molar-refractivity contribution < 1.29 is 4.18 Å². The second-order valence-electron chi connectivity index (χ2n) is 7.93. The maximum atomic E-state index is 13.5. The van der Waals surface area contributed by atoms with Crippen LogP contribution < -0.4 is 26.7 Å². The lowest BCUT2D eigenvalue weighted by Gasteiger charge is -2.17. The van der Waals surface area contributed by atoms with Gasteiger partial charge in [0.15, 0.2) is 11.4 Å². The van der Waals surface area contributed by atoms with E-state index in [1.807, 2.05) is 31.2 Å². The Balaban J connectivity index is 1.80. The summed E-state index contributed by atoms with van der Waals surface area (Å²) in [5.74, 6) is 0.116. The molecule has 0 bridgehead atoms. The molecule has 1 aliphatic carbocycles. The Labute approximate surface area is 206 Å². The summed E-state index contributed by atoms with van der Waals surface area (Å²) in [6, 6.07) is 15.6. The summed E-state index contributed by atoms with van der Waals surface area (Å²) in [4.78, 5) is 40.7. The van der Waals surface area contributed by atoms with E-state index in [-0.39, 0.29) is 22.8 Å². The monoisotopic (exact) mass is 574 g/mol. The molecule has 10 heteroatoms. The minimum Gasteiger partial charge on any atom is -0.419 e. The van der Waals surface area contributed by atoms with Gasteiger partial charge in [0.05, 0.1) is 40.6 Å². The number of halogens is 1. The minimum atomic E-state index is -0.506. The number of hydrogen-bond donors (Lipinski definition) is 1. The molecule has 33 heavy (non-hydrogen) atoms. The van der Waals surface area contributed by atoms with Crippen molar-refractivity contribution in [2.75, 3.05) is 5.73 Å². The van der Waals surface area contributed by atoms with Crippen LogP contribution in [0.3, 0.4) is 0 Å². The number of nitrogens with zero attached hydrogens (tertiary/aromatic N) is 3. The highest BCUT2D eigenvalue weighted by atomic mass is 127. The fourth-order valence-corrected chi connectivity index (χ4v) is 4.82. The summed E-state index contributed by atoms with van der Waals surface area (Å²) in [6.07, 6.45) is 1.49. The van der Waals surface area contributed by atoms with Crippen LogP contribution in [0.1, 0.15) is 24.4 Å². The molecule has 1 saturated carbocycles. The topological polar surface area (TPSA) is 101 Å². The van der Waals surface area contributed by atoms with Crippen LogP contribution >= 0.6 is 34.9 Å². The number of benzene rings is 2. The zero-order chi connectivity index (χ0) is 23.3. The molecule has 0 radical (unpaired) electrons. The molecular weight excluding hydrogens is 555 g/mol. The van der Waals surface area contributed by atoms with Crippen molar-refractivity contribution >= 4 is 51.6 Å². The highest BCUT2D eigenvalue weighted by Gasteiger charge is 2.31. The van der Waals surface area contributed by atoms with Crippen molar-refractivity contribution in [3.63, 3.8) is 0 Å². The second-order valence-corrected chi connectivity index (χ2v) is 9.69. The summed E-state index contributed by atoms with van der Waals surface area (Å²) < 4.78 is 9.81. The standard InChI is InChI=1S/C23H19IN4O4S/c1-13-5-9-17(10-6-13)33-32-18-12-19(29)28(24)21-20(18)22(30)27(15-7-8-15)23(31)26(21)16-4-2-3-14(25)11-16/h2-6,9-12,15H,7-8,25H2,1H3. The van der Waals surface area contributed by atoms with E-state index < -0.39 is 16.8 Å². The van der Waals surface area contributed by atoms with Crippen molar-refractivity contribution in [2.45, 2.75) is 30.7 Å². The fraction of sp³-hybridized carbons (Fsp3) is 0.174. The van der Waals surface area contributed by atoms with E-state index in [1.54, 1.807) is 47.1 Å². The van der Waals surface area contributed by atoms with Gasteiger partial charge >= 0.3 is 5.69 Å². The third kappa shape index (κ3) is 3.97. The van der Waals surface area contributed by atoms with Gasteiger partial charge in [-0.2, -0.15) is 0 Å². The largest absolute Gasteiger partial charge is 0.419 e. The summed E-state index contributed by atoms with van der Waals surface area (Å²) in [5, 5.41) is 0.164. The van der Waals surface area contributed by atoms with Crippen molar-refractivity contribution in [1.29, 1.82) is 0 Å². The minimum absolute atomic E-state index is 0.116. The molecule has 4 aromatic rings. The Morgan fingerprint density at radius 2 is 1.79 bits per heavy atom. The number of hydrogen-bond acceptors (Lipinski definition) is 6. The molecule has 168 valence electrons. The van der Waals surface area contributed by atoms with Gasteiger partial charge in [-0.3, -0.25) is 14.2 Å². The normalized spacial score (nSPS) is 13.4. The molecule has 0 atom stereocenters. The summed E-state index contributed by atoms with van der Waals surface area (Å²) in [5.41, 5.74) is 6.76. The van der Waals surface area contributed by atoms with Gasteiger partial charge < -0.3 is 9.92 Å². The van der Waals surface area contributed by atoms with E-state index in [9.17, 15) is 14.4 Å². The van der Waals surface area contributed by atoms with Crippen LogP contribution in [0.2, 0.25) is 0 Å². The van der Waals surface area contributed by atoms with Gasteiger partial charge in [0.1, 0.15) is 5.39 Å². The molecule has 2 aromatic carbocycles. The summed E-state index contributed by atoms with van der Waals surface area (Å²) >= 11 is 2.86. The van der Waals surface area contributed by atoms with Gasteiger partial charge in [-0.15, -0.1) is 0 Å². The Morgan fingerprint density at radius 3 is 2.45 bits per heavy atom. The maximum absolute atomic E-state index is 13.5. The Bertz CT molecular complexity index is 1570. The molecule has 5 rings (SSSR count). The highest BCUT2D eigenvalue weighted by Crippen LogP contribution is 2.34. The number of nitrogen functional groups attached to an aromatic ring is 1. The summed E-state index contributed by atoms with van der Waals surface area (Å²) in [7, 11) is 0. The van der Waals surface area contributed by atoms with Crippen LogP contribution in [0, 0.1) is 6.92 Å². The first kappa shape index (κ1) is 21.8. The number of aryl methyl sites for hydroxylation is 1. The number of pyridine rings is 1. The van der Waals surface area contributed by atoms with Gasteiger partial charge in [-0.25, -0.2) is 12.1 Å². The van der Waals surface area contributed by atoms with Crippen molar-refractivity contribution in [3.05, 3.63) is 91.4 Å². The molecule has 1 fully saturated rings. The van der Waals surface area contributed by atoms with Gasteiger partial charge in [0.2, 0.25) is 0 Å². The molecule has 1 aliphatic rings. The van der Waals surface area contributed by atoms with E-state index >= 15 is 0 Å². The van der Waals surface area contributed by atoms with Crippen LogP contribution in [-0.4, -0.2) is 11.9 Å². The van der Waals surface area contributed by atoms with E-state index in [1.165, 1.54) is 18.0 Å². The molecule has 0 spiro atoms. The number of rotatable bonds is 5. The lowest BCUT2D eigenvalue weighted by atomic mass is 10.2. The van der Waals surface area contributed by atoms with Crippen molar-refractivity contribution in [3.8, 4) is 11.4 Å². The zero-order valence-corrected chi connectivity index (χ0v) is 20.5. The third-order valence-electron chi connectivity index (χ3n) is 5.43. The SMILES string of the molecule is Cc1ccc(SOc2cc(=O)n(I)c3c2c(=O)n(C2CC2)c(=O)n3-c2cccc(N)c2)cc1. The Morgan fingerprint density at radius 1 is 1.06 bits per heavy atom. The number of fused-ring (bicyclic) bond motifs is 1. The lowest BCUT2D eigenvalue weighted by Crippen LogP contribution is -2.40. The number of anilines is 1. The molecule has 8 nitrogen and oxygen atoms in total. The molecule has 2 heterocycles. The van der Waals surface area contributed by atoms with Gasteiger partial charge in [0, 0.05) is 22.7 Å². The lowest BCUT2D eigenvalue weighted by molar-refractivity contribution is 0.625. The maximum Gasteiger partial charge on any atom is 0.337 e. The Kier molecular flexibility index (Phi) is 5.57. The van der Waals surface area contributed by atoms with E-state index in [0.717, 1.165) is 35.3 Å². The molecule has 0 unspecified atom stereocenters.